The van der Waals surface area contributed by atoms with E-state index >= 15 is 0 Å². The number of hydrogen-bond donors (Lipinski definition) is 0. The summed E-state index contributed by atoms with van der Waals surface area (Å²) in [6.45, 7) is 0. The molecule has 12 rings (SSSR count). The van der Waals surface area contributed by atoms with E-state index in [1.165, 1.54) is 109 Å². The van der Waals surface area contributed by atoms with E-state index in [1.54, 1.807) is 0 Å². The van der Waals surface area contributed by atoms with Crippen molar-refractivity contribution in [2.45, 2.75) is 12.8 Å². The maximum Gasteiger partial charge on any atom is 0.0551 e. The van der Waals surface area contributed by atoms with Crippen molar-refractivity contribution in [1.29, 1.82) is 0 Å². The molecule has 2 heterocycles. The van der Waals surface area contributed by atoms with E-state index in [0.29, 0.717) is 0 Å². The third-order valence-electron chi connectivity index (χ3n) is 11.6. The van der Waals surface area contributed by atoms with Crippen LogP contribution >= 0.6 is 11.3 Å². The molecule has 10 aromatic rings. The number of aromatic nitrogens is 1. The van der Waals surface area contributed by atoms with Gasteiger partial charge in [0.2, 0.25) is 0 Å². The molecule has 0 fully saturated rings. The number of rotatable bonds is 4. The minimum Gasteiger partial charge on any atom is -0.313 e. The van der Waals surface area contributed by atoms with Gasteiger partial charge in [0, 0.05) is 53.8 Å². The molecule has 0 atom stereocenters. The number of hydrogen-bond acceptors (Lipinski definition) is 2. The van der Waals surface area contributed by atoms with Crippen LogP contribution in [0.1, 0.15) is 17.7 Å². The van der Waals surface area contributed by atoms with Crippen LogP contribution in [-0.2, 0) is 6.42 Å². The first kappa shape index (κ1) is 29.2. The molecule has 2 aromatic heterocycles. The lowest BCUT2D eigenvalue weighted by molar-refractivity contribution is 0.839. The monoisotopic (exact) mass is 692 g/mol. The quantitative estimate of drug-likeness (QED) is 0.167. The Kier molecular flexibility index (Phi) is 6.08. The van der Waals surface area contributed by atoms with Crippen LogP contribution in [0.15, 0.2) is 169 Å². The largest absolute Gasteiger partial charge is 0.313 e. The fraction of sp³-hybridized carbons (Fsp3) is 0.0400. The van der Waals surface area contributed by atoms with E-state index in [0.717, 1.165) is 12.8 Å². The summed E-state index contributed by atoms with van der Waals surface area (Å²) in [6, 6.07) is 60.7. The summed E-state index contributed by atoms with van der Waals surface area (Å²) < 4.78 is 5.12. The smallest absolute Gasteiger partial charge is 0.0551 e. The lowest BCUT2D eigenvalue weighted by Crippen LogP contribution is -2.20. The minimum absolute atomic E-state index is 0.915. The number of fused-ring (bicyclic) bond motifs is 11. The van der Waals surface area contributed by atoms with Crippen LogP contribution in [-0.4, -0.2) is 4.57 Å². The average Bonchev–Trinajstić information content (AvgIpc) is 3.88. The Hall–Kier alpha value is -6.42. The first-order valence-electron chi connectivity index (χ1n) is 18.5. The molecule has 3 heteroatoms. The molecular formula is C50H32N2S. The third kappa shape index (κ3) is 4.08. The number of thiophene rings is 1. The highest BCUT2D eigenvalue weighted by Crippen LogP contribution is 2.56. The first-order chi connectivity index (χ1) is 26.3. The molecule has 0 unspecified atom stereocenters. The zero-order chi connectivity index (χ0) is 34.6. The molecule has 0 N–H and O–H groups in total. The molecule has 0 amide bonds. The van der Waals surface area contributed by atoms with Crippen molar-refractivity contribution in [3.05, 3.63) is 181 Å². The minimum atomic E-state index is 0.915. The van der Waals surface area contributed by atoms with Gasteiger partial charge in [-0.2, -0.15) is 0 Å². The molecule has 53 heavy (non-hydrogen) atoms. The maximum atomic E-state index is 2.63. The Labute approximate surface area is 311 Å². The van der Waals surface area contributed by atoms with Gasteiger partial charge in [-0.05, 0) is 106 Å². The Bertz CT molecular complexity index is 3180. The van der Waals surface area contributed by atoms with Crippen molar-refractivity contribution < 1.29 is 0 Å². The number of para-hydroxylation sites is 2. The fourth-order valence-corrected chi connectivity index (χ4v) is 10.6. The van der Waals surface area contributed by atoms with E-state index in [1.807, 2.05) is 11.3 Å². The van der Waals surface area contributed by atoms with Crippen LogP contribution in [0.4, 0.5) is 11.4 Å². The molecule has 8 aromatic carbocycles. The van der Waals surface area contributed by atoms with Gasteiger partial charge in [0.15, 0.2) is 0 Å². The zero-order valence-corrected chi connectivity index (χ0v) is 29.7. The summed E-state index contributed by atoms with van der Waals surface area (Å²) in [6.07, 6.45) is 4.36. The van der Waals surface area contributed by atoms with Crippen molar-refractivity contribution >= 4 is 81.4 Å². The molecule has 2 aliphatic rings. The highest BCUT2D eigenvalue weighted by Gasteiger charge is 2.32. The highest BCUT2D eigenvalue weighted by atomic mass is 32.1. The molecule has 2 aliphatic carbocycles. The van der Waals surface area contributed by atoms with Gasteiger partial charge in [-0.15, -0.1) is 11.3 Å². The van der Waals surface area contributed by atoms with Gasteiger partial charge >= 0.3 is 0 Å². The van der Waals surface area contributed by atoms with Crippen LogP contribution in [0.2, 0.25) is 0 Å². The second-order valence-electron chi connectivity index (χ2n) is 14.3. The summed E-state index contributed by atoms with van der Waals surface area (Å²) in [4.78, 5) is 2.63. The maximum absolute atomic E-state index is 2.63. The van der Waals surface area contributed by atoms with Gasteiger partial charge in [-0.3, -0.25) is 0 Å². The van der Waals surface area contributed by atoms with E-state index < -0.39 is 0 Å². The predicted molar refractivity (Wildman–Crippen MR) is 227 cm³/mol. The fourth-order valence-electron chi connectivity index (χ4n) is 9.47. The highest BCUT2D eigenvalue weighted by molar-refractivity contribution is 7.26. The van der Waals surface area contributed by atoms with Gasteiger partial charge in [0.05, 0.1) is 16.9 Å². The van der Waals surface area contributed by atoms with Gasteiger partial charge in [-0.25, -0.2) is 0 Å². The molecule has 0 radical (unpaired) electrons. The third-order valence-corrected chi connectivity index (χ3v) is 12.7. The second kappa shape index (κ2) is 11.0. The Morgan fingerprint density at radius 2 is 1.19 bits per heavy atom. The number of allylic oxidation sites excluding steroid dienone is 1. The van der Waals surface area contributed by atoms with E-state index in [4.69, 9.17) is 0 Å². The van der Waals surface area contributed by atoms with Crippen molar-refractivity contribution in [2.75, 3.05) is 4.90 Å². The normalized spacial score (nSPS) is 13.2. The molecule has 2 nitrogen and oxygen atoms in total. The Morgan fingerprint density at radius 1 is 0.491 bits per heavy atom. The molecular weight excluding hydrogens is 661 g/mol. The lowest BCUT2D eigenvalue weighted by atomic mass is 9.95. The van der Waals surface area contributed by atoms with Crippen LogP contribution in [0.3, 0.4) is 0 Å². The summed E-state index contributed by atoms with van der Waals surface area (Å²) >= 11 is 1.89. The zero-order valence-electron chi connectivity index (χ0n) is 28.9. The number of anilines is 2. The summed E-state index contributed by atoms with van der Waals surface area (Å²) in [5, 5.41) is 9.19. The Balaban J connectivity index is 1.18. The van der Waals surface area contributed by atoms with Crippen LogP contribution in [0.25, 0.3) is 86.6 Å². The van der Waals surface area contributed by atoms with E-state index in [9.17, 15) is 0 Å². The summed E-state index contributed by atoms with van der Waals surface area (Å²) in [5.74, 6) is 0. The topological polar surface area (TPSA) is 8.17 Å². The SMILES string of the molecule is C1=C(N(c2cccc3c2-c2cccc4cc5ccccc5c-3c24)c2cccc3sc4ccccc4c23)CCc2c1c1ccccc1n2-c1ccccc1. The van der Waals surface area contributed by atoms with Crippen molar-refractivity contribution in [3.8, 4) is 27.9 Å². The van der Waals surface area contributed by atoms with Crippen molar-refractivity contribution in [1.82, 2.24) is 4.57 Å². The molecule has 0 saturated carbocycles. The molecule has 0 saturated heterocycles. The van der Waals surface area contributed by atoms with Crippen molar-refractivity contribution in [3.63, 3.8) is 0 Å². The van der Waals surface area contributed by atoms with Gasteiger partial charge < -0.3 is 9.47 Å². The van der Waals surface area contributed by atoms with Crippen LogP contribution in [0, 0.1) is 0 Å². The molecule has 0 spiro atoms. The van der Waals surface area contributed by atoms with Crippen molar-refractivity contribution in [2.24, 2.45) is 0 Å². The average molecular weight is 693 g/mol. The summed E-state index contributed by atoms with van der Waals surface area (Å²) in [7, 11) is 0. The van der Waals surface area contributed by atoms with Crippen LogP contribution < -0.4 is 4.90 Å². The van der Waals surface area contributed by atoms with Gasteiger partial charge in [0.1, 0.15) is 0 Å². The molecule has 0 aliphatic heterocycles. The van der Waals surface area contributed by atoms with Gasteiger partial charge in [-0.1, -0.05) is 115 Å². The van der Waals surface area contributed by atoms with Crippen LogP contribution in [0.5, 0.6) is 0 Å². The summed E-state index contributed by atoms with van der Waals surface area (Å²) in [5.41, 5.74) is 14.3. The predicted octanol–water partition coefficient (Wildman–Crippen LogP) is 14.1. The molecule has 248 valence electrons. The lowest BCUT2D eigenvalue weighted by Gasteiger charge is -2.33. The first-order valence-corrected chi connectivity index (χ1v) is 19.3. The van der Waals surface area contributed by atoms with E-state index in [2.05, 4.69) is 179 Å². The van der Waals surface area contributed by atoms with E-state index in [-0.39, 0.29) is 0 Å². The molecule has 0 bridgehead atoms. The standard InChI is InChI=1S/C50H32N2S/c1-2-15-33(16-3-1)51-41-22-8-6-18-36(41)40-30-34(27-28-42(40)51)52(44-24-12-26-46-50(44)37-19-7-9-25-45(37)53-46)43-23-11-21-39-48(43)38-20-10-14-32-29-31-13-4-5-17-35(31)49(39)47(32)38/h1-26,29-30H,27-28H2. The number of nitrogens with zero attached hydrogens (tertiary/aromatic N) is 2. The second-order valence-corrected chi connectivity index (χ2v) is 15.4. The Morgan fingerprint density at radius 3 is 2.11 bits per heavy atom. The van der Waals surface area contributed by atoms with Gasteiger partial charge in [0.25, 0.3) is 0 Å². The number of benzene rings is 8.